The second kappa shape index (κ2) is 8.36. The number of likely N-dealkylation sites (N-methyl/N-ethyl adjacent to an activating group) is 1. The fraction of sp³-hybridized carbons (Fsp3) is 0.364. The Morgan fingerprint density at radius 2 is 1.86 bits per heavy atom. The molecule has 3 rings (SSSR count). The second-order valence-corrected chi connectivity index (χ2v) is 9.53. The lowest BCUT2D eigenvalue weighted by atomic mass is 9.99. The number of sulfonamides is 1. The van der Waals surface area contributed by atoms with Gasteiger partial charge in [-0.05, 0) is 67.6 Å². The van der Waals surface area contributed by atoms with Gasteiger partial charge in [0.25, 0.3) is 0 Å². The molecule has 0 saturated carbocycles. The molecule has 2 aromatic rings. The van der Waals surface area contributed by atoms with Gasteiger partial charge < -0.3 is 4.90 Å². The highest BCUT2D eigenvalue weighted by molar-refractivity contribution is 7.89. The van der Waals surface area contributed by atoms with Crippen molar-refractivity contribution in [2.75, 3.05) is 20.1 Å². The van der Waals surface area contributed by atoms with E-state index >= 15 is 0 Å². The van der Waals surface area contributed by atoms with Gasteiger partial charge in [0.1, 0.15) is 0 Å². The van der Waals surface area contributed by atoms with Crippen molar-refractivity contribution in [3.05, 3.63) is 64.7 Å². The van der Waals surface area contributed by atoms with E-state index in [1.54, 1.807) is 4.90 Å². The number of likely N-dealkylation sites (tertiary alicyclic amines) is 1. The summed E-state index contributed by atoms with van der Waals surface area (Å²) in [7, 11) is -2.40. The Labute approximate surface area is 172 Å². The number of carbonyl (C=O) groups is 1. The molecule has 1 amide bonds. The molecule has 1 atom stereocenters. The van der Waals surface area contributed by atoms with Gasteiger partial charge in [-0.15, -0.1) is 0 Å². The molecule has 0 aliphatic carbocycles. The van der Waals surface area contributed by atoms with Crippen molar-refractivity contribution in [3.8, 4) is 6.07 Å². The first-order chi connectivity index (χ1) is 13.7. The van der Waals surface area contributed by atoms with Gasteiger partial charge in [-0.1, -0.05) is 18.2 Å². The summed E-state index contributed by atoms with van der Waals surface area (Å²) in [5.41, 5.74) is 3.87. The van der Waals surface area contributed by atoms with E-state index in [9.17, 15) is 13.2 Å². The van der Waals surface area contributed by atoms with Gasteiger partial charge in [0.2, 0.25) is 15.9 Å². The highest BCUT2D eigenvalue weighted by atomic mass is 32.2. The van der Waals surface area contributed by atoms with Crippen molar-refractivity contribution in [3.63, 3.8) is 0 Å². The van der Waals surface area contributed by atoms with Gasteiger partial charge in [-0.2, -0.15) is 9.57 Å². The van der Waals surface area contributed by atoms with Crippen LogP contribution in [0.1, 0.15) is 41.1 Å². The Bertz CT molecular complexity index is 1060. The van der Waals surface area contributed by atoms with Crippen LogP contribution in [0.4, 0.5) is 0 Å². The van der Waals surface area contributed by atoms with E-state index in [0.717, 1.165) is 22.7 Å². The molecule has 0 N–H and O–H groups in total. The molecule has 1 fully saturated rings. The Morgan fingerprint density at radius 1 is 1.17 bits per heavy atom. The van der Waals surface area contributed by atoms with Crippen molar-refractivity contribution < 1.29 is 13.2 Å². The molecular weight excluding hydrogens is 386 g/mol. The third-order valence-corrected chi connectivity index (χ3v) is 7.36. The lowest BCUT2D eigenvalue weighted by molar-refractivity contribution is -0.132. The van der Waals surface area contributed by atoms with Crippen molar-refractivity contribution in [1.82, 2.24) is 9.21 Å². The summed E-state index contributed by atoms with van der Waals surface area (Å²) < 4.78 is 26.7. The van der Waals surface area contributed by atoms with Crippen LogP contribution >= 0.6 is 0 Å². The van der Waals surface area contributed by atoms with Gasteiger partial charge in [0.05, 0.1) is 29.1 Å². The third-order valence-electron chi connectivity index (χ3n) is 5.54. The van der Waals surface area contributed by atoms with Crippen molar-refractivity contribution in [2.24, 2.45) is 0 Å². The number of amides is 1. The fourth-order valence-corrected chi connectivity index (χ4v) is 4.75. The molecule has 29 heavy (non-hydrogen) atoms. The number of nitriles is 1. The molecule has 1 aliphatic rings. The van der Waals surface area contributed by atoms with E-state index in [2.05, 4.69) is 32.0 Å². The summed E-state index contributed by atoms with van der Waals surface area (Å²) in [6.45, 7) is 4.52. The Morgan fingerprint density at radius 3 is 2.48 bits per heavy atom. The summed E-state index contributed by atoms with van der Waals surface area (Å²) in [5.74, 6) is -0.203. The molecule has 1 heterocycles. The zero-order valence-corrected chi connectivity index (χ0v) is 17.7. The van der Waals surface area contributed by atoms with E-state index in [4.69, 9.17) is 5.26 Å². The number of benzene rings is 2. The van der Waals surface area contributed by atoms with Crippen LogP contribution in [0.15, 0.2) is 47.4 Å². The quantitative estimate of drug-likeness (QED) is 0.757. The minimum atomic E-state index is -3.81. The van der Waals surface area contributed by atoms with Crippen LogP contribution < -0.4 is 0 Å². The fourth-order valence-electron chi connectivity index (χ4n) is 3.63. The highest BCUT2D eigenvalue weighted by Gasteiger charge is 2.32. The van der Waals surface area contributed by atoms with E-state index in [1.807, 2.05) is 6.07 Å². The first-order valence-electron chi connectivity index (χ1n) is 9.57. The summed E-state index contributed by atoms with van der Waals surface area (Å²) >= 11 is 0. The first kappa shape index (κ1) is 21.0. The minimum absolute atomic E-state index is 0.0205. The van der Waals surface area contributed by atoms with E-state index < -0.39 is 10.0 Å². The monoisotopic (exact) mass is 411 g/mol. The van der Waals surface area contributed by atoms with Crippen LogP contribution in [0.5, 0.6) is 0 Å². The van der Waals surface area contributed by atoms with Crippen molar-refractivity contribution in [1.29, 1.82) is 5.26 Å². The lowest BCUT2D eigenvalue weighted by Gasteiger charge is -2.27. The average Bonchev–Trinajstić information content (AvgIpc) is 3.20. The second-order valence-electron chi connectivity index (χ2n) is 7.49. The zero-order chi connectivity index (χ0) is 21.2. The molecule has 6 nitrogen and oxygen atoms in total. The maximum atomic E-state index is 12.9. The van der Waals surface area contributed by atoms with Crippen LogP contribution in [0, 0.1) is 25.2 Å². The molecule has 0 aromatic heterocycles. The maximum absolute atomic E-state index is 12.9. The molecular formula is C22H25N3O3S. The zero-order valence-electron chi connectivity index (χ0n) is 16.9. The number of carbonyl (C=O) groups excluding carboxylic acids is 1. The summed E-state index contributed by atoms with van der Waals surface area (Å²) in [5, 5.41) is 8.87. The van der Waals surface area contributed by atoms with Crippen LogP contribution in [-0.4, -0.2) is 43.7 Å². The van der Waals surface area contributed by atoms with Crippen molar-refractivity contribution in [2.45, 2.75) is 37.6 Å². The van der Waals surface area contributed by atoms with E-state index in [1.165, 1.54) is 42.4 Å². The Balaban J connectivity index is 1.75. The molecule has 0 bridgehead atoms. The maximum Gasteiger partial charge on any atom is 0.243 e. The Hall–Kier alpha value is -2.69. The molecule has 1 saturated heterocycles. The van der Waals surface area contributed by atoms with Gasteiger partial charge in [-0.25, -0.2) is 8.42 Å². The third kappa shape index (κ3) is 4.34. The number of nitrogens with zero attached hydrogens (tertiary/aromatic N) is 3. The minimum Gasteiger partial charge on any atom is -0.335 e. The molecule has 1 aliphatic heterocycles. The summed E-state index contributed by atoms with van der Waals surface area (Å²) in [4.78, 5) is 14.8. The van der Waals surface area contributed by atoms with Crippen LogP contribution in [0.3, 0.4) is 0 Å². The largest absolute Gasteiger partial charge is 0.335 e. The SMILES string of the molecule is Cc1ccc(C2CCCN2C(=O)CN(C)S(=O)(=O)c2ccc(C#N)cc2)cc1C. The smallest absolute Gasteiger partial charge is 0.243 e. The molecule has 152 valence electrons. The molecule has 7 heteroatoms. The van der Waals surface area contributed by atoms with Gasteiger partial charge in [0.15, 0.2) is 0 Å². The summed E-state index contributed by atoms with van der Waals surface area (Å²) in [6, 6.07) is 13.9. The van der Waals surface area contributed by atoms with E-state index in [0.29, 0.717) is 12.1 Å². The van der Waals surface area contributed by atoms with E-state index in [-0.39, 0.29) is 23.4 Å². The van der Waals surface area contributed by atoms with Crippen LogP contribution in [-0.2, 0) is 14.8 Å². The van der Waals surface area contributed by atoms with Crippen LogP contribution in [0.2, 0.25) is 0 Å². The summed E-state index contributed by atoms with van der Waals surface area (Å²) in [6.07, 6.45) is 1.77. The predicted octanol–water partition coefficient (Wildman–Crippen LogP) is 3.16. The molecule has 2 aromatic carbocycles. The topological polar surface area (TPSA) is 81.5 Å². The normalized spacial score (nSPS) is 16.8. The van der Waals surface area contributed by atoms with Gasteiger partial charge >= 0.3 is 0 Å². The molecule has 1 unspecified atom stereocenters. The molecule has 0 radical (unpaired) electrons. The first-order valence-corrected chi connectivity index (χ1v) is 11.0. The highest BCUT2D eigenvalue weighted by Crippen LogP contribution is 2.33. The predicted molar refractivity (Wildman–Crippen MR) is 111 cm³/mol. The standard InChI is InChI=1S/C22H25N3O3S/c1-16-6-9-19(13-17(16)2)21-5-4-12-25(21)22(26)15-24(3)29(27,28)20-10-7-18(14-23)8-11-20/h6-11,13,21H,4-5,12,15H2,1-3H3. The number of hydrogen-bond acceptors (Lipinski definition) is 4. The van der Waals surface area contributed by atoms with Crippen molar-refractivity contribution >= 4 is 15.9 Å². The lowest BCUT2D eigenvalue weighted by Crippen LogP contribution is -2.40. The van der Waals surface area contributed by atoms with Gasteiger partial charge in [-0.3, -0.25) is 4.79 Å². The number of rotatable bonds is 5. The van der Waals surface area contributed by atoms with Gasteiger partial charge in [0, 0.05) is 13.6 Å². The Kier molecular flexibility index (Phi) is 6.06. The molecule has 0 spiro atoms. The average molecular weight is 412 g/mol. The van der Waals surface area contributed by atoms with Crippen LogP contribution in [0.25, 0.3) is 0 Å². The number of aryl methyl sites for hydroxylation is 2. The number of hydrogen-bond donors (Lipinski definition) is 0.